The molecule has 3 N–H and O–H groups in total. The van der Waals surface area contributed by atoms with Crippen LogP contribution in [-0.4, -0.2) is 34.6 Å². The van der Waals surface area contributed by atoms with Crippen molar-refractivity contribution < 1.29 is 5.11 Å². The van der Waals surface area contributed by atoms with E-state index in [1.807, 2.05) is 0 Å². The van der Waals surface area contributed by atoms with Crippen molar-refractivity contribution in [2.45, 2.75) is 11.3 Å². The van der Waals surface area contributed by atoms with Crippen LogP contribution in [0.5, 0.6) is 0 Å². The molecule has 0 heterocycles. The van der Waals surface area contributed by atoms with Crippen LogP contribution in [0.2, 0.25) is 5.21 Å². The van der Waals surface area contributed by atoms with Crippen LogP contribution in [-0.2, 0) is 0 Å². The molecule has 6 heavy (non-hydrogen) atoms. The summed E-state index contributed by atoms with van der Waals surface area (Å²) in [6, 6.07) is 0. The summed E-state index contributed by atoms with van der Waals surface area (Å²) in [6.45, 7) is 0.401. The quantitative estimate of drug-likeness (QED) is 0.465. The normalized spacial score (nSPS) is 14.5. The molecule has 0 bridgehead atoms. The first kappa shape index (κ1) is 6.48. The van der Waals surface area contributed by atoms with E-state index in [2.05, 4.69) is 0 Å². The van der Waals surface area contributed by atoms with E-state index in [9.17, 15) is 0 Å². The molecule has 0 aromatic rings. The fourth-order valence-corrected chi connectivity index (χ4v) is 0.500. The van der Waals surface area contributed by atoms with Crippen LogP contribution < -0.4 is 5.73 Å². The fraction of sp³-hybridized carbons (Fsp3) is 1.00. The molecule has 0 aliphatic carbocycles. The van der Waals surface area contributed by atoms with Gasteiger partial charge in [-0.2, -0.15) is 0 Å². The maximum atomic E-state index is 8.56. The molecular formula is C3H10AsNO. The van der Waals surface area contributed by atoms with E-state index in [1.54, 1.807) is 0 Å². The monoisotopic (exact) mass is 151 g/mol. The number of hydrogen-bond acceptors (Lipinski definition) is 2. The third-order valence-corrected chi connectivity index (χ3v) is 1.69. The molecule has 0 fully saturated rings. The van der Waals surface area contributed by atoms with Gasteiger partial charge in [0.1, 0.15) is 0 Å². The van der Waals surface area contributed by atoms with Gasteiger partial charge in [0.15, 0.2) is 0 Å². The van der Waals surface area contributed by atoms with Crippen LogP contribution in [0.15, 0.2) is 0 Å². The van der Waals surface area contributed by atoms with Crippen LogP contribution in [0.1, 0.15) is 0 Å². The molecule has 0 radical (unpaired) electrons. The standard InChI is InChI=1S/C3H10AsNO/c4-1-3(6)2-5/h3,6H,1-2,4-5H2. The van der Waals surface area contributed by atoms with E-state index in [0.29, 0.717) is 6.54 Å². The first-order valence-corrected chi connectivity index (χ1v) is 3.60. The second-order valence-corrected chi connectivity index (χ2v) is 2.11. The fourth-order valence-electron chi connectivity index (χ4n) is 0.0962. The van der Waals surface area contributed by atoms with Gasteiger partial charge in [0.05, 0.1) is 0 Å². The second kappa shape index (κ2) is 3.66. The van der Waals surface area contributed by atoms with Crippen molar-refractivity contribution >= 4 is 16.9 Å². The van der Waals surface area contributed by atoms with E-state index >= 15 is 0 Å². The van der Waals surface area contributed by atoms with E-state index in [0.717, 1.165) is 5.21 Å². The van der Waals surface area contributed by atoms with Gasteiger partial charge in [-0.1, -0.05) is 0 Å². The molecular weight excluding hydrogens is 141 g/mol. The van der Waals surface area contributed by atoms with E-state index in [-0.39, 0.29) is 6.10 Å². The SMILES string of the molecule is NCC(O)C[AsH2]. The zero-order valence-electron chi connectivity index (χ0n) is 3.59. The summed E-state index contributed by atoms with van der Waals surface area (Å²) in [7, 11) is 0. The third kappa shape index (κ3) is 2.70. The van der Waals surface area contributed by atoms with Crippen molar-refractivity contribution in [3.8, 4) is 0 Å². The minimum absolute atomic E-state index is 0.259. The molecule has 0 spiro atoms. The molecule has 2 atom stereocenters. The van der Waals surface area contributed by atoms with Gasteiger partial charge in [-0.05, 0) is 0 Å². The summed E-state index contributed by atoms with van der Waals surface area (Å²) < 4.78 is 0. The summed E-state index contributed by atoms with van der Waals surface area (Å²) in [5.74, 6) is 0. The molecule has 0 aromatic carbocycles. The Morgan fingerprint density at radius 3 is 2.33 bits per heavy atom. The molecule has 38 valence electrons. The Balaban J connectivity index is 2.75. The summed E-state index contributed by atoms with van der Waals surface area (Å²) in [6.07, 6.45) is -0.259. The van der Waals surface area contributed by atoms with E-state index in [4.69, 9.17) is 10.8 Å². The Kier molecular flexibility index (Phi) is 3.95. The third-order valence-electron chi connectivity index (χ3n) is 0.544. The first-order chi connectivity index (χ1) is 2.81. The Bertz CT molecular complexity index is 30.0. The maximum absolute atomic E-state index is 8.56. The van der Waals surface area contributed by atoms with Crippen LogP contribution in [0, 0.1) is 0 Å². The zero-order chi connectivity index (χ0) is 4.99. The zero-order valence-corrected chi connectivity index (χ0v) is 6.02. The van der Waals surface area contributed by atoms with E-state index in [1.165, 1.54) is 16.9 Å². The molecule has 0 aromatic heterocycles. The van der Waals surface area contributed by atoms with Gasteiger partial charge in [-0.3, -0.25) is 0 Å². The minimum atomic E-state index is -0.259. The molecule has 0 saturated heterocycles. The predicted octanol–water partition coefficient (Wildman–Crippen LogP) is -1.64. The number of hydrogen-bond donors (Lipinski definition) is 2. The first-order valence-electron chi connectivity index (χ1n) is 1.89. The van der Waals surface area contributed by atoms with Crippen molar-refractivity contribution in [3.05, 3.63) is 0 Å². The van der Waals surface area contributed by atoms with Crippen molar-refractivity contribution in [3.63, 3.8) is 0 Å². The van der Waals surface area contributed by atoms with Gasteiger partial charge >= 0.3 is 45.6 Å². The Labute approximate surface area is 46.2 Å². The summed E-state index contributed by atoms with van der Waals surface area (Å²) in [5.41, 5.74) is 5.04. The van der Waals surface area contributed by atoms with Gasteiger partial charge < -0.3 is 0 Å². The van der Waals surface area contributed by atoms with Crippen molar-refractivity contribution in [1.29, 1.82) is 0 Å². The van der Waals surface area contributed by atoms with Gasteiger partial charge in [0.2, 0.25) is 0 Å². The van der Waals surface area contributed by atoms with Crippen molar-refractivity contribution in [1.82, 2.24) is 0 Å². The van der Waals surface area contributed by atoms with Gasteiger partial charge in [0, 0.05) is 0 Å². The number of rotatable bonds is 2. The van der Waals surface area contributed by atoms with Crippen LogP contribution in [0.4, 0.5) is 0 Å². The molecule has 2 nitrogen and oxygen atoms in total. The van der Waals surface area contributed by atoms with Crippen molar-refractivity contribution in [2.24, 2.45) is 5.73 Å². The van der Waals surface area contributed by atoms with Crippen molar-refractivity contribution in [2.75, 3.05) is 6.54 Å². The Hall–Kier alpha value is 0.478. The average molecular weight is 151 g/mol. The van der Waals surface area contributed by atoms with Crippen LogP contribution >= 0.6 is 0 Å². The number of aliphatic hydroxyl groups is 1. The van der Waals surface area contributed by atoms with Gasteiger partial charge in [-0.15, -0.1) is 0 Å². The van der Waals surface area contributed by atoms with Crippen LogP contribution in [0.3, 0.4) is 0 Å². The molecule has 0 amide bonds. The Morgan fingerprint density at radius 1 is 1.83 bits per heavy atom. The summed E-state index contributed by atoms with van der Waals surface area (Å²) >= 11 is 1.52. The Morgan fingerprint density at radius 2 is 2.33 bits per heavy atom. The molecule has 0 saturated carbocycles. The van der Waals surface area contributed by atoms with E-state index < -0.39 is 0 Å². The van der Waals surface area contributed by atoms with Crippen LogP contribution in [0.25, 0.3) is 0 Å². The number of aliphatic hydroxyl groups excluding tert-OH is 1. The summed E-state index contributed by atoms with van der Waals surface area (Å²) in [4.78, 5) is 0. The molecule has 0 aliphatic rings. The molecule has 0 rings (SSSR count). The average Bonchev–Trinajstić information content (AvgIpc) is 1.65. The van der Waals surface area contributed by atoms with Gasteiger partial charge in [0.25, 0.3) is 0 Å². The van der Waals surface area contributed by atoms with Gasteiger partial charge in [-0.25, -0.2) is 0 Å². The molecule has 3 heteroatoms. The molecule has 2 unspecified atom stereocenters. The second-order valence-electron chi connectivity index (χ2n) is 1.13. The number of nitrogens with two attached hydrogens (primary N) is 1. The summed E-state index contributed by atoms with van der Waals surface area (Å²) in [5, 5.41) is 9.38. The molecule has 0 aliphatic heterocycles. The topological polar surface area (TPSA) is 46.2 Å². The predicted molar refractivity (Wildman–Crippen MR) is 28.4 cm³/mol.